The van der Waals surface area contributed by atoms with E-state index in [4.69, 9.17) is 5.11 Å². The maximum absolute atomic E-state index is 12.9. The Labute approximate surface area is 109 Å². The summed E-state index contributed by atoms with van der Waals surface area (Å²) in [6.07, 6.45) is 0.691. The number of carboxylic acid groups (broad SMARTS) is 1. The highest BCUT2D eigenvalue weighted by molar-refractivity contribution is 7.90. The molecule has 0 fully saturated rings. The van der Waals surface area contributed by atoms with Crippen LogP contribution in [0, 0.1) is 5.82 Å². The molecule has 0 saturated carbocycles. The summed E-state index contributed by atoms with van der Waals surface area (Å²) in [5.41, 5.74) is -0.472. The molecule has 0 aliphatic rings. The van der Waals surface area contributed by atoms with E-state index in [2.05, 4.69) is 5.32 Å². The first-order chi connectivity index (χ1) is 8.69. The van der Waals surface area contributed by atoms with Gasteiger partial charge in [0.25, 0.3) is 0 Å². The van der Waals surface area contributed by atoms with Gasteiger partial charge in [0, 0.05) is 12.7 Å². The number of carbonyl (C=O) groups is 2. The van der Waals surface area contributed by atoms with Crippen molar-refractivity contribution >= 4 is 27.4 Å². The summed E-state index contributed by atoms with van der Waals surface area (Å²) >= 11 is 0. The predicted octanol–water partition coefficient (Wildman–Crippen LogP) is 0.897. The predicted molar refractivity (Wildman–Crippen MR) is 66.3 cm³/mol. The van der Waals surface area contributed by atoms with Crippen LogP contribution >= 0.6 is 0 Å². The molecule has 1 aromatic carbocycles. The van der Waals surface area contributed by atoms with Gasteiger partial charge >= 0.3 is 5.97 Å². The lowest BCUT2D eigenvalue weighted by molar-refractivity contribution is -0.115. The molecule has 8 heteroatoms. The van der Waals surface area contributed by atoms with E-state index in [1.807, 2.05) is 0 Å². The van der Waals surface area contributed by atoms with Gasteiger partial charge in [0.15, 0.2) is 0 Å². The van der Waals surface area contributed by atoms with Crippen LogP contribution in [0.25, 0.3) is 0 Å². The van der Waals surface area contributed by atoms with Crippen molar-refractivity contribution in [2.45, 2.75) is 6.42 Å². The number of amides is 1. The Morgan fingerprint density at radius 1 is 1.37 bits per heavy atom. The van der Waals surface area contributed by atoms with Crippen molar-refractivity contribution in [2.24, 2.45) is 0 Å². The van der Waals surface area contributed by atoms with Gasteiger partial charge in [0.2, 0.25) is 5.91 Å². The fourth-order valence-electron chi connectivity index (χ4n) is 1.29. The normalized spacial score (nSPS) is 11.1. The average Bonchev–Trinajstić information content (AvgIpc) is 2.28. The molecule has 0 aliphatic heterocycles. The third-order valence-corrected chi connectivity index (χ3v) is 3.13. The largest absolute Gasteiger partial charge is 0.478 e. The molecule has 6 nitrogen and oxygen atoms in total. The topological polar surface area (TPSA) is 101 Å². The molecule has 2 N–H and O–H groups in total. The van der Waals surface area contributed by atoms with Crippen LogP contribution in [0.15, 0.2) is 18.2 Å². The lowest BCUT2D eigenvalue weighted by atomic mass is 10.1. The number of hydrogen-bond acceptors (Lipinski definition) is 4. The maximum Gasteiger partial charge on any atom is 0.337 e. The van der Waals surface area contributed by atoms with Crippen LogP contribution in [-0.2, 0) is 14.6 Å². The molecule has 1 rings (SSSR count). The Morgan fingerprint density at radius 2 is 2.00 bits per heavy atom. The van der Waals surface area contributed by atoms with Gasteiger partial charge in [-0.1, -0.05) is 0 Å². The molecule has 19 heavy (non-hydrogen) atoms. The van der Waals surface area contributed by atoms with E-state index in [0.29, 0.717) is 0 Å². The van der Waals surface area contributed by atoms with Crippen molar-refractivity contribution in [2.75, 3.05) is 17.3 Å². The highest BCUT2D eigenvalue weighted by Crippen LogP contribution is 2.17. The Hall–Kier alpha value is -1.96. The number of carbonyl (C=O) groups excluding carboxylic acids is 1. The van der Waals surface area contributed by atoms with Crippen LogP contribution in [0.5, 0.6) is 0 Å². The first-order valence-corrected chi connectivity index (χ1v) is 7.25. The molecule has 1 aromatic rings. The summed E-state index contributed by atoms with van der Waals surface area (Å²) in [7, 11) is -3.28. The van der Waals surface area contributed by atoms with E-state index in [-0.39, 0.29) is 17.9 Å². The van der Waals surface area contributed by atoms with Gasteiger partial charge in [0.05, 0.1) is 17.0 Å². The van der Waals surface area contributed by atoms with Crippen LogP contribution in [0.2, 0.25) is 0 Å². The van der Waals surface area contributed by atoms with Gasteiger partial charge in [-0.3, -0.25) is 4.79 Å². The highest BCUT2D eigenvalue weighted by atomic mass is 32.2. The molecule has 0 atom stereocenters. The Balaban J connectivity index is 2.82. The smallest absolute Gasteiger partial charge is 0.337 e. The number of hydrogen-bond donors (Lipinski definition) is 2. The maximum atomic E-state index is 12.9. The number of benzene rings is 1. The molecular formula is C11H12FNO5S. The monoisotopic (exact) mass is 289 g/mol. The standard InChI is InChI=1S/C11H12FNO5S/c1-19(17,18)5-4-10(14)13-9-3-2-7(12)6-8(9)11(15)16/h2-3,6H,4-5H2,1H3,(H,13,14)(H,15,16). The first kappa shape index (κ1) is 15.1. The van der Waals surface area contributed by atoms with E-state index >= 15 is 0 Å². The minimum absolute atomic E-state index is 0.0765. The number of anilines is 1. The summed E-state index contributed by atoms with van der Waals surface area (Å²) in [6.45, 7) is 0. The van der Waals surface area contributed by atoms with Gasteiger partial charge in [0.1, 0.15) is 15.7 Å². The highest BCUT2D eigenvalue weighted by Gasteiger charge is 2.14. The Kier molecular flexibility index (Phi) is 4.60. The molecule has 0 heterocycles. The minimum atomic E-state index is -3.28. The van der Waals surface area contributed by atoms with Gasteiger partial charge in [-0.2, -0.15) is 0 Å². The van der Waals surface area contributed by atoms with Crippen molar-refractivity contribution in [3.8, 4) is 0 Å². The zero-order valence-electron chi connectivity index (χ0n) is 10.0. The number of halogens is 1. The van der Waals surface area contributed by atoms with Crippen molar-refractivity contribution in [1.29, 1.82) is 0 Å². The number of rotatable bonds is 5. The van der Waals surface area contributed by atoms with Gasteiger partial charge < -0.3 is 10.4 Å². The molecular weight excluding hydrogens is 277 g/mol. The van der Waals surface area contributed by atoms with Crippen molar-refractivity contribution in [3.05, 3.63) is 29.6 Å². The van der Waals surface area contributed by atoms with E-state index in [1.165, 1.54) is 0 Å². The Bertz CT molecular complexity index is 612. The third-order valence-electron chi connectivity index (χ3n) is 2.19. The zero-order chi connectivity index (χ0) is 14.6. The molecule has 0 bridgehead atoms. The van der Waals surface area contributed by atoms with Crippen LogP contribution < -0.4 is 5.32 Å². The second-order valence-corrected chi connectivity index (χ2v) is 6.18. The molecule has 0 aliphatic carbocycles. The van der Waals surface area contributed by atoms with E-state index in [0.717, 1.165) is 24.5 Å². The van der Waals surface area contributed by atoms with E-state index in [9.17, 15) is 22.4 Å². The third kappa shape index (κ3) is 5.04. The Morgan fingerprint density at radius 3 is 2.53 bits per heavy atom. The van der Waals surface area contributed by atoms with Crippen LogP contribution in [-0.4, -0.2) is 37.4 Å². The number of aromatic carboxylic acids is 1. The fourth-order valence-corrected chi connectivity index (χ4v) is 1.85. The van der Waals surface area contributed by atoms with E-state index in [1.54, 1.807) is 0 Å². The SMILES string of the molecule is CS(=O)(=O)CCC(=O)Nc1ccc(F)cc1C(=O)O. The second-order valence-electron chi connectivity index (χ2n) is 3.92. The molecule has 0 radical (unpaired) electrons. The first-order valence-electron chi connectivity index (χ1n) is 5.19. The number of sulfone groups is 1. The van der Waals surface area contributed by atoms with Crippen molar-refractivity contribution in [1.82, 2.24) is 0 Å². The zero-order valence-corrected chi connectivity index (χ0v) is 10.8. The summed E-state index contributed by atoms with van der Waals surface area (Å²) in [5.74, 6) is -3.13. The molecule has 0 spiro atoms. The summed E-state index contributed by atoms with van der Waals surface area (Å²) in [4.78, 5) is 22.3. The summed E-state index contributed by atoms with van der Waals surface area (Å²) < 4.78 is 34.7. The second kappa shape index (κ2) is 5.79. The molecule has 0 unspecified atom stereocenters. The van der Waals surface area contributed by atoms with Gasteiger partial charge in [-0.05, 0) is 18.2 Å². The molecule has 0 aromatic heterocycles. The molecule has 0 saturated heterocycles. The van der Waals surface area contributed by atoms with Crippen LogP contribution in [0.3, 0.4) is 0 Å². The summed E-state index contributed by atoms with van der Waals surface area (Å²) in [5, 5.41) is 11.1. The lowest BCUT2D eigenvalue weighted by Gasteiger charge is -2.08. The number of carboxylic acids is 1. The minimum Gasteiger partial charge on any atom is -0.478 e. The quantitative estimate of drug-likeness (QED) is 0.838. The number of nitrogens with one attached hydrogen (secondary N) is 1. The van der Waals surface area contributed by atoms with Crippen LogP contribution in [0.1, 0.15) is 16.8 Å². The van der Waals surface area contributed by atoms with Crippen LogP contribution in [0.4, 0.5) is 10.1 Å². The van der Waals surface area contributed by atoms with E-state index < -0.39 is 33.1 Å². The molecule has 1 amide bonds. The lowest BCUT2D eigenvalue weighted by Crippen LogP contribution is -2.18. The van der Waals surface area contributed by atoms with Gasteiger partial charge in [-0.25, -0.2) is 17.6 Å². The van der Waals surface area contributed by atoms with Crippen molar-refractivity contribution in [3.63, 3.8) is 0 Å². The van der Waals surface area contributed by atoms with Crippen molar-refractivity contribution < 1.29 is 27.5 Å². The average molecular weight is 289 g/mol. The molecule has 104 valence electrons. The fraction of sp³-hybridized carbons (Fsp3) is 0.273. The van der Waals surface area contributed by atoms with Gasteiger partial charge in [-0.15, -0.1) is 0 Å². The summed E-state index contributed by atoms with van der Waals surface area (Å²) in [6, 6.07) is 2.88.